The van der Waals surface area contributed by atoms with E-state index in [1.807, 2.05) is 13.8 Å². The van der Waals surface area contributed by atoms with Crippen molar-refractivity contribution in [1.82, 2.24) is 0 Å². The zero-order valence-electron chi connectivity index (χ0n) is 23.8. The van der Waals surface area contributed by atoms with Gasteiger partial charge in [0.25, 0.3) is 0 Å². The second-order valence-corrected chi connectivity index (χ2v) is 15.1. The van der Waals surface area contributed by atoms with Crippen LogP contribution in [0.2, 0.25) is 0 Å². The molecule has 4 aliphatic carbocycles. The predicted molar refractivity (Wildman–Crippen MR) is 146 cm³/mol. The molecule has 5 N–H and O–H groups in total. The molecule has 0 aromatic heterocycles. The number of thioether (sulfide) groups is 1. The topological polar surface area (TPSA) is 154 Å². The van der Waals surface area contributed by atoms with Gasteiger partial charge in [0, 0.05) is 28.4 Å². The Labute approximate surface area is 239 Å². The van der Waals surface area contributed by atoms with E-state index in [0.29, 0.717) is 24.8 Å². The Balaban J connectivity index is 1.42. The third-order valence-electron chi connectivity index (χ3n) is 12.6. The number of aliphatic hydroxyl groups is 5. The Morgan fingerprint density at radius 1 is 1.07 bits per heavy atom. The highest BCUT2D eigenvalue weighted by Crippen LogP contribution is 2.72. The predicted octanol–water partition coefficient (Wildman–Crippen LogP) is 1.78. The molecule has 0 aromatic rings. The molecule has 9 nitrogen and oxygen atoms in total. The van der Waals surface area contributed by atoms with E-state index in [1.54, 1.807) is 19.9 Å². The van der Waals surface area contributed by atoms with Crippen LogP contribution in [0.1, 0.15) is 73.1 Å². The molecule has 6 aliphatic rings. The number of rotatable bonds is 2. The Hall–Kier alpha value is -1.27. The monoisotopic (exact) mass is 578 g/mol. The maximum absolute atomic E-state index is 13.7. The van der Waals surface area contributed by atoms with E-state index in [-0.39, 0.29) is 30.8 Å². The molecule has 1 saturated heterocycles. The van der Waals surface area contributed by atoms with Crippen molar-refractivity contribution in [2.24, 2.45) is 22.7 Å². The first kappa shape index (κ1) is 28.8. The van der Waals surface area contributed by atoms with Crippen molar-refractivity contribution < 1.29 is 44.6 Å². The van der Waals surface area contributed by atoms with Gasteiger partial charge in [0.1, 0.15) is 29.0 Å². The largest absolute Gasteiger partial charge is 0.455 e. The lowest BCUT2D eigenvalue weighted by Gasteiger charge is -2.67. The Morgan fingerprint density at radius 3 is 2.45 bits per heavy atom. The molecule has 0 bridgehead atoms. The smallest absolute Gasteiger partial charge is 0.334 e. The summed E-state index contributed by atoms with van der Waals surface area (Å²) in [6, 6.07) is 0. The van der Waals surface area contributed by atoms with E-state index in [2.05, 4.69) is 0 Å². The van der Waals surface area contributed by atoms with Crippen LogP contribution in [-0.2, 0) is 19.1 Å². The van der Waals surface area contributed by atoms with Crippen molar-refractivity contribution in [3.8, 4) is 0 Å². The lowest BCUT2D eigenvalue weighted by atomic mass is 9.41. The standard InChI is InChI=1S/C30H42O9S/c1-15-12-21(39-24(33)16(15)2)27(5,34)29(36)11-10-28(35)18-13-22-30(37)20(38-23(32)14-40-22)7-6-19(31)26(30,4)17(18)8-9-25(28,29)3/h6-7,17-18,20-23,32,34-37H,8-14H2,1-5H3. The summed E-state index contributed by atoms with van der Waals surface area (Å²) in [7, 11) is 0. The normalized spacial score (nSPS) is 53.6. The second-order valence-electron chi connectivity index (χ2n) is 13.8. The average molecular weight is 579 g/mol. The fourth-order valence-corrected chi connectivity index (χ4v) is 11.2. The molecule has 6 rings (SSSR count). The minimum Gasteiger partial charge on any atom is -0.455 e. The summed E-state index contributed by atoms with van der Waals surface area (Å²) in [6.07, 6.45) is 1.66. The first-order valence-corrected chi connectivity index (χ1v) is 15.5. The van der Waals surface area contributed by atoms with Crippen molar-refractivity contribution in [3.63, 3.8) is 0 Å². The minimum atomic E-state index is -1.86. The van der Waals surface area contributed by atoms with Gasteiger partial charge in [-0.15, -0.1) is 0 Å². The average Bonchev–Trinajstić information content (AvgIpc) is 3.03. The van der Waals surface area contributed by atoms with E-state index in [0.717, 1.165) is 5.57 Å². The highest BCUT2D eigenvalue weighted by atomic mass is 32.2. The van der Waals surface area contributed by atoms with Crippen LogP contribution in [0.25, 0.3) is 0 Å². The van der Waals surface area contributed by atoms with E-state index >= 15 is 0 Å². The summed E-state index contributed by atoms with van der Waals surface area (Å²) >= 11 is 1.35. The second kappa shape index (κ2) is 8.65. The molecule has 2 aliphatic heterocycles. The van der Waals surface area contributed by atoms with Crippen molar-refractivity contribution in [3.05, 3.63) is 23.3 Å². The number of ether oxygens (including phenoxy) is 2. The van der Waals surface area contributed by atoms with Crippen molar-refractivity contribution >= 4 is 23.5 Å². The molecule has 2 heterocycles. The van der Waals surface area contributed by atoms with Crippen LogP contribution in [0, 0.1) is 22.7 Å². The Morgan fingerprint density at radius 2 is 1.77 bits per heavy atom. The van der Waals surface area contributed by atoms with Gasteiger partial charge in [-0.05, 0) is 83.8 Å². The van der Waals surface area contributed by atoms with Crippen LogP contribution in [0.4, 0.5) is 0 Å². The van der Waals surface area contributed by atoms with Gasteiger partial charge in [-0.2, -0.15) is 11.8 Å². The lowest BCUT2D eigenvalue weighted by molar-refractivity contribution is -0.297. The SMILES string of the molecule is CC1=C(C)C(=O)OC(C(C)(O)C2(O)CCC3(O)C4CC5SCC(O)OC6C=CC(=O)C(C)(C4CCC32C)C65O)C1. The van der Waals surface area contributed by atoms with E-state index in [4.69, 9.17) is 9.47 Å². The highest BCUT2D eigenvalue weighted by molar-refractivity contribution is 8.00. The summed E-state index contributed by atoms with van der Waals surface area (Å²) in [6.45, 7) is 8.58. The number of aliphatic hydroxyl groups excluding tert-OH is 1. The number of esters is 1. The van der Waals surface area contributed by atoms with Crippen LogP contribution in [-0.4, -0.2) is 89.2 Å². The van der Waals surface area contributed by atoms with Crippen LogP contribution >= 0.6 is 11.8 Å². The molecule has 0 amide bonds. The third kappa shape index (κ3) is 3.16. The maximum atomic E-state index is 13.7. The zero-order chi connectivity index (χ0) is 29.3. The zero-order valence-corrected chi connectivity index (χ0v) is 24.7. The molecular weight excluding hydrogens is 536 g/mol. The molecule has 0 radical (unpaired) electrons. The molecule has 0 spiro atoms. The van der Waals surface area contributed by atoms with Gasteiger partial charge in [-0.25, -0.2) is 4.79 Å². The molecule has 10 heteroatoms. The van der Waals surface area contributed by atoms with Gasteiger partial charge in [0.05, 0.1) is 11.0 Å². The summed E-state index contributed by atoms with van der Waals surface area (Å²) in [5.41, 5.74) is -7.89. The van der Waals surface area contributed by atoms with Crippen LogP contribution < -0.4 is 0 Å². The number of ketones is 1. The molecular formula is C30H42O9S. The van der Waals surface area contributed by atoms with Crippen molar-refractivity contribution in [1.29, 1.82) is 0 Å². The van der Waals surface area contributed by atoms with Crippen LogP contribution in [0.5, 0.6) is 0 Å². The van der Waals surface area contributed by atoms with Gasteiger partial charge in [-0.1, -0.05) is 12.5 Å². The molecule has 4 fully saturated rings. The maximum Gasteiger partial charge on any atom is 0.334 e. The number of allylic oxidation sites excluding steroid dienone is 1. The summed E-state index contributed by atoms with van der Waals surface area (Å²) in [5, 5.41) is 59.5. The Kier molecular flexibility index (Phi) is 6.23. The van der Waals surface area contributed by atoms with E-state index < -0.39 is 74.8 Å². The first-order chi connectivity index (χ1) is 18.5. The van der Waals surface area contributed by atoms with Gasteiger partial charge in [-0.3, -0.25) is 4.79 Å². The number of carbonyl (C=O) groups excluding carboxylic acids is 2. The number of cyclic esters (lactones) is 1. The van der Waals surface area contributed by atoms with Gasteiger partial charge >= 0.3 is 5.97 Å². The number of hydrogen-bond donors (Lipinski definition) is 5. The summed E-state index contributed by atoms with van der Waals surface area (Å²) < 4.78 is 11.5. The molecule has 40 heavy (non-hydrogen) atoms. The van der Waals surface area contributed by atoms with Gasteiger partial charge < -0.3 is 35.0 Å². The molecule has 12 atom stereocenters. The number of fused-ring (bicyclic) bond motifs is 4. The van der Waals surface area contributed by atoms with E-state index in [1.165, 1.54) is 24.8 Å². The number of carbonyl (C=O) groups is 2. The van der Waals surface area contributed by atoms with Gasteiger partial charge in [0.2, 0.25) is 0 Å². The minimum absolute atomic E-state index is 0.0864. The molecule has 222 valence electrons. The summed E-state index contributed by atoms with van der Waals surface area (Å²) in [5.74, 6) is -1.42. The quantitative estimate of drug-likeness (QED) is 0.306. The van der Waals surface area contributed by atoms with Crippen LogP contribution in [0.3, 0.4) is 0 Å². The molecule has 3 saturated carbocycles. The molecule has 0 aromatic carbocycles. The lowest BCUT2D eigenvalue weighted by Crippen LogP contribution is -2.77. The molecule has 12 unspecified atom stereocenters. The third-order valence-corrected chi connectivity index (χ3v) is 14.0. The van der Waals surface area contributed by atoms with E-state index in [9.17, 15) is 35.1 Å². The first-order valence-electron chi connectivity index (χ1n) is 14.4. The fraction of sp³-hybridized carbons (Fsp3) is 0.800. The van der Waals surface area contributed by atoms with Crippen molar-refractivity contribution in [2.45, 2.75) is 119 Å². The van der Waals surface area contributed by atoms with Crippen LogP contribution in [0.15, 0.2) is 23.3 Å². The van der Waals surface area contributed by atoms with Gasteiger partial charge in [0.15, 0.2) is 12.1 Å². The number of hydrogen-bond acceptors (Lipinski definition) is 10. The van der Waals surface area contributed by atoms with Crippen molar-refractivity contribution in [2.75, 3.05) is 5.75 Å². The Bertz CT molecular complexity index is 1210. The summed E-state index contributed by atoms with van der Waals surface area (Å²) in [4.78, 5) is 26.3. The fourth-order valence-electron chi connectivity index (χ4n) is 9.73. The highest BCUT2D eigenvalue weighted by Gasteiger charge is 2.80.